The van der Waals surface area contributed by atoms with Crippen molar-refractivity contribution < 1.29 is 27.8 Å². The fourth-order valence-corrected chi connectivity index (χ4v) is 6.62. The van der Waals surface area contributed by atoms with E-state index >= 15 is 0 Å². The lowest BCUT2D eigenvalue weighted by molar-refractivity contribution is -0.525. The molecule has 240 valence electrons. The molecule has 1 fully saturated rings. The number of para-hydroxylation sites is 1. The fourth-order valence-electron chi connectivity index (χ4n) is 5.22. The molecule has 3 atom stereocenters. The first-order valence-corrected chi connectivity index (χ1v) is 16.0. The lowest BCUT2D eigenvalue weighted by Crippen LogP contribution is -2.56. The van der Waals surface area contributed by atoms with Crippen LogP contribution in [0, 0.1) is 23.0 Å². The maximum absolute atomic E-state index is 14.1. The molecule has 0 saturated carbocycles. The number of hydrogen-bond acceptors (Lipinski definition) is 9. The first-order valence-electron chi connectivity index (χ1n) is 14.5. The summed E-state index contributed by atoms with van der Waals surface area (Å²) in [7, 11) is -4.29. The van der Waals surface area contributed by atoms with Crippen LogP contribution in [0.2, 0.25) is 0 Å². The van der Waals surface area contributed by atoms with Gasteiger partial charge in [0, 0.05) is 24.7 Å². The third kappa shape index (κ3) is 8.95. The van der Waals surface area contributed by atoms with Crippen molar-refractivity contribution in [3.8, 4) is 0 Å². The first-order chi connectivity index (χ1) is 21.4. The van der Waals surface area contributed by atoms with Crippen LogP contribution in [0.5, 0.6) is 0 Å². The lowest BCUT2D eigenvalue weighted by atomic mass is 9.91. The second-order valence-corrected chi connectivity index (χ2v) is 12.7. The molecule has 1 amide bonds. The number of nitrogens with zero attached hydrogens (tertiary/aromatic N) is 4. The van der Waals surface area contributed by atoms with Crippen molar-refractivity contribution in [2.75, 3.05) is 13.1 Å². The molecule has 45 heavy (non-hydrogen) atoms. The zero-order valence-corrected chi connectivity index (χ0v) is 25.9. The summed E-state index contributed by atoms with van der Waals surface area (Å²) in [5.74, 6) is -1.45. The molecule has 0 unspecified atom stereocenters. The summed E-state index contributed by atoms with van der Waals surface area (Å²) in [5.41, 5.74) is 9.13. The van der Waals surface area contributed by atoms with E-state index in [0.717, 1.165) is 11.1 Å². The largest absolute Gasteiger partial charge is 0.459 e. The predicted molar refractivity (Wildman–Crippen MR) is 167 cm³/mol. The number of fused-ring (bicyclic) bond motifs is 1. The molecule has 4 rings (SSSR count). The monoisotopic (exact) mass is 639 g/mol. The zero-order valence-electron chi connectivity index (χ0n) is 25.1. The average molecular weight is 640 g/mol. The number of amides is 1. The molecule has 2 aromatic carbocycles. The van der Waals surface area contributed by atoms with Crippen molar-refractivity contribution in [2.24, 2.45) is 16.6 Å². The van der Waals surface area contributed by atoms with Gasteiger partial charge in [0.25, 0.3) is 5.96 Å². The minimum atomic E-state index is -4.29. The third-order valence-electron chi connectivity index (χ3n) is 7.48. The van der Waals surface area contributed by atoms with Gasteiger partial charge in [-0.1, -0.05) is 54.8 Å². The van der Waals surface area contributed by atoms with Crippen LogP contribution < -0.4 is 15.9 Å². The molecule has 4 N–H and O–H groups in total. The van der Waals surface area contributed by atoms with E-state index < -0.39 is 45.0 Å². The second kappa shape index (κ2) is 14.9. The standard InChI is InChI=1S/C30H37N7O7S/c1-20-13-15-36(25(17-20)29(39)44-19-22-8-4-3-5-9-22)28(38)24(11-7-14-32-30(31)34-37(40)41)35-45(42,43)26-12-6-10-23-16-21(2)18-33-27(23)26/h3-6,8-10,12,16,18,20,24-25,35H,7,11,13-15,17,19H2,1-2H3,(H3,31,32,34)/t20-,24-,25+/m0/s1. The molecule has 14 nitrogen and oxygen atoms in total. The van der Waals surface area contributed by atoms with Gasteiger partial charge in [0.05, 0.1) is 5.52 Å². The van der Waals surface area contributed by atoms with Crippen LogP contribution in [-0.2, 0) is 31.0 Å². The number of ether oxygens (including phenoxy) is 1. The number of pyridine rings is 1. The number of likely N-dealkylation sites (tertiary alicyclic amines) is 1. The number of guanidine groups is 1. The number of aryl methyl sites for hydroxylation is 1. The second-order valence-electron chi connectivity index (χ2n) is 11.1. The molecule has 0 aliphatic carbocycles. The maximum Gasteiger partial charge on any atom is 0.329 e. The highest BCUT2D eigenvalue weighted by Gasteiger charge is 2.39. The Morgan fingerprint density at radius 2 is 1.98 bits per heavy atom. The van der Waals surface area contributed by atoms with E-state index in [1.165, 1.54) is 11.0 Å². The van der Waals surface area contributed by atoms with E-state index in [-0.39, 0.29) is 48.9 Å². The van der Waals surface area contributed by atoms with Crippen molar-refractivity contribution in [1.82, 2.24) is 20.0 Å². The molecular formula is C30H37N7O7S. The number of aromatic nitrogens is 1. The number of carbonyl (C=O) groups is 2. The zero-order chi connectivity index (χ0) is 32.6. The van der Waals surface area contributed by atoms with Gasteiger partial charge in [0.15, 0.2) is 5.03 Å². The quantitative estimate of drug-likeness (QED) is 0.0660. The number of hydrazine groups is 1. The number of aliphatic imine (C=N–C) groups is 1. The summed E-state index contributed by atoms with van der Waals surface area (Å²) in [4.78, 5) is 47.5. The van der Waals surface area contributed by atoms with Gasteiger partial charge >= 0.3 is 5.97 Å². The molecule has 2 heterocycles. The van der Waals surface area contributed by atoms with Gasteiger partial charge in [0.2, 0.25) is 15.9 Å². The summed E-state index contributed by atoms with van der Waals surface area (Å²) in [6, 6.07) is 13.5. The minimum Gasteiger partial charge on any atom is -0.459 e. The highest BCUT2D eigenvalue weighted by molar-refractivity contribution is 7.89. The number of hydrogen-bond donors (Lipinski definition) is 3. The highest BCUT2D eigenvalue weighted by atomic mass is 32.2. The van der Waals surface area contributed by atoms with Crippen LogP contribution >= 0.6 is 0 Å². The number of carbonyl (C=O) groups excluding carboxylic acids is 2. The summed E-state index contributed by atoms with van der Waals surface area (Å²) in [6.07, 6.45) is 2.67. The summed E-state index contributed by atoms with van der Waals surface area (Å²) >= 11 is 0. The average Bonchev–Trinajstić information content (AvgIpc) is 3.00. The molecule has 0 spiro atoms. The summed E-state index contributed by atoms with van der Waals surface area (Å²) in [6.45, 7) is 4.07. The van der Waals surface area contributed by atoms with Crippen LogP contribution in [0.15, 0.2) is 70.7 Å². The SMILES string of the molecule is Cc1cnc2c(S(=O)(=O)N[C@@H](CCCN=C(N)N[N+](=O)[O-])C(=O)N3CC[C@H](C)C[C@@H]3C(=O)OCc3ccccc3)cccc2c1. The number of benzene rings is 2. The van der Waals surface area contributed by atoms with Gasteiger partial charge in [-0.25, -0.2) is 28.3 Å². The predicted octanol–water partition coefficient (Wildman–Crippen LogP) is 2.44. The van der Waals surface area contributed by atoms with Crippen LogP contribution in [0.25, 0.3) is 10.9 Å². The first kappa shape index (κ1) is 33.3. The Morgan fingerprint density at radius 1 is 1.22 bits per heavy atom. The number of nitrogens with one attached hydrogen (secondary N) is 2. The topological polar surface area (TPSA) is 199 Å². The van der Waals surface area contributed by atoms with Crippen molar-refractivity contribution >= 4 is 38.8 Å². The Bertz CT molecular complexity index is 1670. The number of nitrogens with two attached hydrogens (primary N) is 1. The number of piperidine rings is 1. The van der Waals surface area contributed by atoms with E-state index in [1.807, 2.05) is 50.2 Å². The molecule has 0 bridgehead atoms. The maximum atomic E-state index is 14.1. The van der Waals surface area contributed by atoms with Crippen LogP contribution in [0.4, 0.5) is 0 Å². The Kier molecular flexibility index (Phi) is 11.0. The van der Waals surface area contributed by atoms with E-state index in [4.69, 9.17) is 10.5 Å². The Balaban J connectivity index is 1.59. The molecular weight excluding hydrogens is 602 g/mol. The minimum absolute atomic E-state index is 0.0210. The van der Waals surface area contributed by atoms with Gasteiger partial charge < -0.3 is 15.4 Å². The number of nitro groups is 1. The van der Waals surface area contributed by atoms with Crippen molar-refractivity contribution in [3.63, 3.8) is 0 Å². The van der Waals surface area contributed by atoms with Gasteiger partial charge in [-0.3, -0.25) is 9.78 Å². The summed E-state index contributed by atoms with van der Waals surface area (Å²) in [5, 5.41) is 10.4. The van der Waals surface area contributed by atoms with Crippen molar-refractivity contribution in [2.45, 2.75) is 63.1 Å². The van der Waals surface area contributed by atoms with Gasteiger partial charge in [-0.15, -0.1) is 0 Å². The smallest absolute Gasteiger partial charge is 0.329 e. The van der Waals surface area contributed by atoms with Gasteiger partial charge in [-0.2, -0.15) is 4.72 Å². The third-order valence-corrected chi connectivity index (χ3v) is 8.98. The van der Waals surface area contributed by atoms with E-state index in [0.29, 0.717) is 18.2 Å². The molecule has 1 aromatic heterocycles. The number of rotatable bonds is 12. The van der Waals surface area contributed by atoms with Crippen LogP contribution in [-0.4, -0.2) is 66.3 Å². The Labute approximate surface area is 261 Å². The van der Waals surface area contributed by atoms with E-state index in [1.54, 1.807) is 23.8 Å². The molecule has 15 heteroatoms. The normalized spacial score (nSPS) is 17.9. The molecule has 1 aliphatic heterocycles. The Morgan fingerprint density at radius 3 is 2.71 bits per heavy atom. The van der Waals surface area contributed by atoms with Crippen LogP contribution in [0.1, 0.15) is 43.7 Å². The van der Waals surface area contributed by atoms with Crippen LogP contribution in [0.3, 0.4) is 0 Å². The molecule has 1 saturated heterocycles. The fraction of sp³-hybridized carbons (Fsp3) is 0.400. The van der Waals surface area contributed by atoms with Gasteiger partial charge in [0.1, 0.15) is 23.6 Å². The van der Waals surface area contributed by atoms with E-state index in [2.05, 4.69) is 14.7 Å². The number of esters is 1. The molecule has 1 aliphatic rings. The molecule has 0 radical (unpaired) electrons. The molecule has 3 aromatic rings. The highest BCUT2D eigenvalue weighted by Crippen LogP contribution is 2.27. The Hall–Kier alpha value is -4.63. The summed E-state index contributed by atoms with van der Waals surface area (Å²) < 4.78 is 35.7. The lowest BCUT2D eigenvalue weighted by Gasteiger charge is -2.38. The number of sulfonamides is 1. The van der Waals surface area contributed by atoms with Crippen molar-refractivity contribution in [3.05, 3.63) is 82.0 Å². The van der Waals surface area contributed by atoms with E-state index in [9.17, 15) is 28.1 Å². The van der Waals surface area contributed by atoms with Gasteiger partial charge in [-0.05, 0) is 61.8 Å². The van der Waals surface area contributed by atoms with Crippen molar-refractivity contribution in [1.29, 1.82) is 0 Å².